The Morgan fingerprint density at radius 2 is 1.52 bits per heavy atom. The van der Waals surface area contributed by atoms with E-state index in [4.69, 9.17) is 10.5 Å². The third-order valence-corrected chi connectivity index (χ3v) is 4.34. The second kappa shape index (κ2) is 8.37. The van der Waals surface area contributed by atoms with Gasteiger partial charge < -0.3 is 10.1 Å². The molecule has 0 spiro atoms. The quantitative estimate of drug-likeness (QED) is 0.656. The Kier molecular flexibility index (Phi) is 5.72. The van der Waals surface area contributed by atoms with Crippen molar-refractivity contribution in [1.29, 1.82) is 0 Å². The van der Waals surface area contributed by atoms with Gasteiger partial charge in [0.25, 0.3) is 5.91 Å². The van der Waals surface area contributed by atoms with E-state index in [1.54, 1.807) is 23.9 Å². The molecule has 4 nitrogen and oxygen atoms in total. The van der Waals surface area contributed by atoms with Crippen LogP contribution in [0.5, 0.6) is 5.75 Å². The number of rotatable bonds is 6. The lowest BCUT2D eigenvalue weighted by molar-refractivity contribution is -0.122. The minimum atomic E-state index is -1.08. The normalized spacial score (nSPS) is 11.6. The fraction of sp³-hybridized carbons (Fsp3) is 0.0500. The predicted octanol–water partition coefficient (Wildman–Crippen LogP) is 4.14. The highest BCUT2D eigenvalue weighted by atomic mass is 32.2. The maximum absolute atomic E-state index is 12.2. The largest absolute Gasteiger partial charge is 0.466 e. The topological polar surface area (TPSA) is 64.3 Å². The zero-order valence-corrected chi connectivity index (χ0v) is 14.3. The lowest BCUT2D eigenvalue weighted by atomic mass is 10.3. The van der Waals surface area contributed by atoms with Gasteiger partial charge in [-0.1, -0.05) is 54.2 Å². The minimum Gasteiger partial charge on any atom is -0.466 e. The van der Waals surface area contributed by atoms with Crippen molar-refractivity contribution < 1.29 is 9.53 Å². The number of nitrogens with two attached hydrogens (primary N) is 1. The Balaban J connectivity index is 1.62. The molecule has 0 fully saturated rings. The molecule has 3 aromatic rings. The molecule has 126 valence electrons. The highest BCUT2D eigenvalue weighted by molar-refractivity contribution is 7.99. The third-order valence-electron chi connectivity index (χ3n) is 3.35. The van der Waals surface area contributed by atoms with E-state index in [-0.39, 0.29) is 0 Å². The molecule has 0 radical (unpaired) electrons. The summed E-state index contributed by atoms with van der Waals surface area (Å²) in [5, 5.41) is 2.79. The first-order valence-corrected chi connectivity index (χ1v) is 8.63. The monoisotopic (exact) mass is 350 g/mol. The van der Waals surface area contributed by atoms with Gasteiger partial charge in [0.1, 0.15) is 5.75 Å². The van der Waals surface area contributed by atoms with Gasteiger partial charge >= 0.3 is 0 Å². The van der Waals surface area contributed by atoms with Crippen molar-refractivity contribution in [3.8, 4) is 5.75 Å². The number of nitrogens with one attached hydrogen (secondary N) is 1. The molecule has 0 saturated heterocycles. The Morgan fingerprint density at radius 3 is 2.24 bits per heavy atom. The van der Waals surface area contributed by atoms with Gasteiger partial charge in [-0.3, -0.25) is 10.5 Å². The zero-order valence-electron chi connectivity index (χ0n) is 13.5. The molecule has 3 aromatic carbocycles. The van der Waals surface area contributed by atoms with Crippen LogP contribution in [-0.4, -0.2) is 12.1 Å². The number of hydrogen-bond donors (Lipinski definition) is 2. The van der Waals surface area contributed by atoms with Crippen LogP contribution in [0.15, 0.2) is 94.7 Å². The summed E-state index contributed by atoms with van der Waals surface area (Å²) in [5.74, 6) is 0.157. The van der Waals surface area contributed by atoms with Crippen molar-refractivity contribution in [2.75, 3.05) is 5.32 Å². The first-order chi connectivity index (χ1) is 12.2. The molecule has 0 heterocycles. The third kappa shape index (κ3) is 5.11. The number of carbonyl (C=O) groups excluding carboxylic acids is 1. The molecule has 0 saturated carbocycles. The number of para-hydroxylation sites is 1. The van der Waals surface area contributed by atoms with E-state index in [0.717, 1.165) is 9.79 Å². The number of anilines is 1. The molecule has 0 aromatic heterocycles. The van der Waals surface area contributed by atoms with Crippen LogP contribution in [0.4, 0.5) is 5.69 Å². The highest BCUT2D eigenvalue weighted by Gasteiger charge is 2.15. The molecule has 25 heavy (non-hydrogen) atoms. The zero-order chi connectivity index (χ0) is 17.5. The summed E-state index contributed by atoms with van der Waals surface area (Å²) >= 11 is 1.63. The lowest BCUT2D eigenvalue weighted by Crippen LogP contribution is -2.40. The number of amides is 1. The number of hydrogen-bond acceptors (Lipinski definition) is 4. The van der Waals surface area contributed by atoms with Crippen molar-refractivity contribution in [2.24, 2.45) is 5.73 Å². The van der Waals surface area contributed by atoms with Gasteiger partial charge in [-0.15, -0.1) is 0 Å². The maximum atomic E-state index is 12.2. The van der Waals surface area contributed by atoms with Gasteiger partial charge in [0.2, 0.25) is 6.23 Å². The van der Waals surface area contributed by atoms with Gasteiger partial charge in [-0.05, 0) is 42.5 Å². The molecular formula is C20H18N2O2S. The Morgan fingerprint density at radius 1 is 0.880 bits per heavy atom. The van der Waals surface area contributed by atoms with E-state index in [9.17, 15) is 4.79 Å². The average molecular weight is 350 g/mol. The predicted molar refractivity (Wildman–Crippen MR) is 101 cm³/mol. The number of benzene rings is 3. The van der Waals surface area contributed by atoms with E-state index >= 15 is 0 Å². The molecule has 1 atom stereocenters. The first-order valence-electron chi connectivity index (χ1n) is 7.82. The van der Waals surface area contributed by atoms with Gasteiger partial charge in [-0.25, -0.2) is 0 Å². The van der Waals surface area contributed by atoms with Gasteiger partial charge in [0.15, 0.2) is 0 Å². The summed E-state index contributed by atoms with van der Waals surface area (Å²) in [5.41, 5.74) is 6.50. The molecule has 1 amide bonds. The minimum absolute atomic E-state index is 0.397. The van der Waals surface area contributed by atoms with Crippen LogP contribution in [0.1, 0.15) is 0 Å². The van der Waals surface area contributed by atoms with Crippen LogP contribution in [0, 0.1) is 0 Å². The lowest BCUT2D eigenvalue weighted by Gasteiger charge is -2.14. The van der Waals surface area contributed by atoms with Crippen molar-refractivity contribution in [1.82, 2.24) is 0 Å². The number of carbonyl (C=O) groups is 1. The Labute approximate surface area is 151 Å². The maximum Gasteiger partial charge on any atom is 0.280 e. The molecule has 0 aliphatic rings. The van der Waals surface area contributed by atoms with Crippen LogP contribution in [-0.2, 0) is 4.79 Å². The Hall–Kier alpha value is -2.76. The second-order valence-electron chi connectivity index (χ2n) is 5.28. The summed E-state index contributed by atoms with van der Waals surface area (Å²) in [6.07, 6.45) is -1.08. The van der Waals surface area contributed by atoms with E-state index in [1.165, 1.54) is 0 Å². The van der Waals surface area contributed by atoms with Crippen molar-refractivity contribution >= 4 is 23.4 Å². The van der Waals surface area contributed by atoms with Crippen LogP contribution in [0.3, 0.4) is 0 Å². The SMILES string of the molecule is NC(Oc1ccccc1)C(=O)Nc1cccc(Sc2ccccc2)c1. The number of ether oxygens (including phenoxy) is 1. The fourth-order valence-electron chi connectivity index (χ4n) is 2.17. The van der Waals surface area contributed by atoms with E-state index in [1.807, 2.05) is 72.8 Å². The average Bonchev–Trinajstić information content (AvgIpc) is 2.63. The summed E-state index contributed by atoms with van der Waals surface area (Å²) in [6.45, 7) is 0. The molecule has 0 aliphatic carbocycles. The molecule has 5 heteroatoms. The van der Waals surface area contributed by atoms with Gasteiger partial charge in [0, 0.05) is 15.5 Å². The van der Waals surface area contributed by atoms with Crippen molar-refractivity contribution in [3.63, 3.8) is 0 Å². The van der Waals surface area contributed by atoms with E-state index < -0.39 is 12.1 Å². The molecule has 3 rings (SSSR count). The Bertz CT molecular complexity index is 825. The van der Waals surface area contributed by atoms with Crippen LogP contribution in [0.2, 0.25) is 0 Å². The van der Waals surface area contributed by atoms with Crippen LogP contribution >= 0.6 is 11.8 Å². The fourth-order valence-corrected chi connectivity index (χ4v) is 3.07. The summed E-state index contributed by atoms with van der Waals surface area (Å²) in [7, 11) is 0. The molecule has 3 N–H and O–H groups in total. The standard InChI is InChI=1S/C20H18N2O2S/c21-19(24-16-9-3-1-4-10-16)20(23)22-15-8-7-13-18(14-15)25-17-11-5-2-6-12-17/h1-14,19H,21H2,(H,22,23). The molecule has 0 aliphatic heterocycles. The van der Waals surface area contributed by atoms with E-state index in [0.29, 0.717) is 11.4 Å². The summed E-state index contributed by atoms with van der Waals surface area (Å²) in [4.78, 5) is 14.4. The van der Waals surface area contributed by atoms with Gasteiger partial charge in [0.05, 0.1) is 0 Å². The van der Waals surface area contributed by atoms with Crippen LogP contribution < -0.4 is 15.8 Å². The summed E-state index contributed by atoms with van der Waals surface area (Å²) < 4.78 is 5.43. The van der Waals surface area contributed by atoms with Crippen LogP contribution in [0.25, 0.3) is 0 Å². The second-order valence-corrected chi connectivity index (χ2v) is 6.43. The highest BCUT2D eigenvalue weighted by Crippen LogP contribution is 2.29. The van der Waals surface area contributed by atoms with E-state index in [2.05, 4.69) is 5.32 Å². The molecular weight excluding hydrogens is 332 g/mol. The van der Waals surface area contributed by atoms with Crippen molar-refractivity contribution in [2.45, 2.75) is 16.0 Å². The summed E-state index contributed by atoms with van der Waals surface area (Å²) in [6, 6.07) is 26.7. The smallest absolute Gasteiger partial charge is 0.280 e. The molecule has 0 bridgehead atoms. The molecule has 1 unspecified atom stereocenters. The van der Waals surface area contributed by atoms with Crippen molar-refractivity contribution in [3.05, 3.63) is 84.9 Å². The van der Waals surface area contributed by atoms with Gasteiger partial charge in [-0.2, -0.15) is 0 Å². The first kappa shape index (κ1) is 17.1.